The van der Waals surface area contributed by atoms with Crippen LogP contribution in [-0.2, 0) is 9.53 Å². The number of ether oxygens (including phenoxy) is 1. The van der Waals surface area contributed by atoms with Crippen molar-refractivity contribution in [1.29, 1.82) is 0 Å². The molecule has 0 aliphatic carbocycles. The van der Waals surface area contributed by atoms with Crippen molar-refractivity contribution in [3.05, 3.63) is 0 Å². The number of hydrogen-bond acceptors (Lipinski definition) is 3. The third kappa shape index (κ3) is 5.04. The van der Waals surface area contributed by atoms with Crippen molar-refractivity contribution in [3.8, 4) is 0 Å². The SMILES string of the molecule is COC(=O)[C@@H](C)NCCCCl. The van der Waals surface area contributed by atoms with E-state index < -0.39 is 0 Å². The first kappa shape index (κ1) is 10.7. The van der Waals surface area contributed by atoms with Gasteiger partial charge in [-0.25, -0.2) is 0 Å². The van der Waals surface area contributed by atoms with E-state index in [9.17, 15) is 4.79 Å². The van der Waals surface area contributed by atoms with Crippen LogP contribution in [0.3, 0.4) is 0 Å². The maximum absolute atomic E-state index is 10.8. The zero-order valence-electron chi connectivity index (χ0n) is 6.89. The van der Waals surface area contributed by atoms with Gasteiger partial charge < -0.3 is 10.1 Å². The van der Waals surface area contributed by atoms with Crippen LogP contribution in [0, 0.1) is 0 Å². The lowest BCUT2D eigenvalue weighted by molar-refractivity contribution is -0.142. The Labute approximate surface area is 72.1 Å². The van der Waals surface area contributed by atoms with Gasteiger partial charge in [0.05, 0.1) is 7.11 Å². The summed E-state index contributed by atoms with van der Waals surface area (Å²) in [6, 6.07) is -0.233. The predicted octanol–water partition coefficient (Wildman–Crippen LogP) is 0.766. The molecule has 3 nitrogen and oxygen atoms in total. The van der Waals surface area contributed by atoms with Crippen molar-refractivity contribution in [2.75, 3.05) is 19.5 Å². The molecule has 0 saturated carbocycles. The molecule has 66 valence electrons. The molecule has 0 aromatic rings. The summed E-state index contributed by atoms with van der Waals surface area (Å²) >= 11 is 5.44. The third-order valence-electron chi connectivity index (χ3n) is 1.32. The molecule has 0 aromatic carbocycles. The number of nitrogens with one attached hydrogen (secondary N) is 1. The van der Waals surface area contributed by atoms with E-state index in [1.54, 1.807) is 6.92 Å². The van der Waals surface area contributed by atoms with Crippen LogP contribution in [0.4, 0.5) is 0 Å². The van der Waals surface area contributed by atoms with E-state index in [1.165, 1.54) is 7.11 Å². The molecular formula is C7H14ClNO2. The van der Waals surface area contributed by atoms with E-state index in [0.29, 0.717) is 5.88 Å². The minimum atomic E-state index is -0.237. The minimum Gasteiger partial charge on any atom is -0.468 e. The molecule has 0 aliphatic rings. The average molecular weight is 180 g/mol. The molecule has 1 atom stereocenters. The number of carbonyl (C=O) groups excluding carboxylic acids is 1. The van der Waals surface area contributed by atoms with Crippen LogP contribution in [-0.4, -0.2) is 31.5 Å². The molecule has 0 spiro atoms. The van der Waals surface area contributed by atoms with Crippen molar-refractivity contribution >= 4 is 17.6 Å². The maximum atomic E-state index is 10.8. The summed E-state index contributed by atoms with van der Waals surface area (Å²) in [5.41, 5.74) is 0. The van der Waals surface area contributed by atoms with Gasteiger partial charge in [-0.05, 0) is 19.9 Å². The molecule has 0 aromatic heterocycles. The molecular weight excluding hydrogens is 166 g/mol. The largest absolute Gasteiger partial charge is 0.468 e. The van der Waals surface area contributed by atoms with Crippen LogP contribution in [0.5, 0.6) is 0 Å². The van der Waals surface area contributed by atoms with Gasteiger partial charge in [0.2, 0.25) is 0 Å². The van der Waals surface area contributed by atoms with Crippen molar-refractivity contribution in [2.45, 2.75) is 19.4 Å². The third-order valence-corrected chi connectivity index (χ3v) is 1.58. The van der Waals surface area contributed by atoms with Gasteiger partial charge in [0.15, 0.2) is 0 Å². The Bertz CT molecular complexity index is 119. The molecule has 0 radical (unpaired) electrons. The van der Waals surface area contributed by atoms with Crippen LogP contribution < -0.4 is 5.32 Å². The van der Waals surface area contributed by atoms with Gasteiger partial charge in [0.25, 0.3) is 0 Å². The molecule has 1 N–H and O–H groups in total. The Morgan fingerprint density at radius 3 is 2.82 bits per heavy atom. The lowest BCUT2D eigenvalue weighted by Gasteiger charge is -2.09. The normalized spacial score (nSPS) is 12.6. The molecule has 0 amide bonds. The van der Waals surface area contributed by atoms with Crippen LogP contribution >= 0.6 is 11.6 Å². The predicted molar refractivity (Wildman–Crippen MR) is 44.8 cm³/mol. The Morgan fingerprint density at radius 2 is 2.36 bits per heavy atom. The fourth-order valence-electron chi connectivity index (χ4n) is 0.645. The average Bonchev–Trinajstić information content (AvgIpc) is 2.03. The zero-order chi connectivity index (χ0) is 8.69. The first-order chi connectivity index (χ1) is 5.22. The molecule has 0 bridgehead atoms. The maximum Gasteiger partial charge on any atom is 0.322 e. The first-order valence-electron chi connectivity index (χ1n) is 3.59. The highest BCUT2D eigenvalue weighted by Gasteiger charge is 2.10. The Balaban J connectivity index is 3.36. The second-order valence-electron chi connectivity index (χ2n) is 2.24. The lowest BCUT2D eigenvalue weighted by atomic mass is 10.3. The van der Waals surface area contributed by atoms with Gasteiger partial charge in [-0.3, -0.25) is 4.79 Å². The van der Waals surface area contributed by atoms with E-state index in [-0.39, 0.29) is 12.0 Å². The van der Waals surface area contributed by atoms with Crippen LogP contribution in [0.2, 0.25) is 0 Å². The summed E-state index contributed by atoms with van der Waals surface area (Å²) in [4.78, 5) is 10.8. The Hall–Kier alpha value is -0.280. The molecule has 0 rings (SSSR count). The molecule has 0 unspecified atom stereocenters. The monoisotopic (exact) mass is 179 g/mol. The van der Waals surface area contributed by atoms with Crippen molar-refractivity contribution in [2.24, 2.45) is 0 Å². The van der Waals surface area contributed by atoms with Crippen LogP contribution in [0.15, 0.2) is 0 Å². The highest BCUT2D eigenvalue weighted by atomic mass is 35.5. The number of methoxy groups -OCH3 is 1. The minimum absolute atomic E-state index is 0.233. The van der Waals surface area contributed by atoms with Crippen LogP contribution in [0.25, 0.3) is 0 Å². The fourth-order valence-corrected chi connectivity index (χ4v) is 0.779. The molecule has 0 heterocycles. The van der Waals surface area contributed by atoms with E-state index in [0.717, 1.165) is 13.0 Å². The zero-order valence-corrected chi connectivity index (χ0v) is 7.65. The number of halogens is 1. The van der Waals surface area contributed by atoms with E-state index in [4.69, 9.17) is 11.6 Å². The standard InChI is InChI=1S/C7H14ClNO2/c1-6(7(10)11-2)9-5-3-4-8/h6,9H,3-5H2,1-2H3/t6-/m1/s1. The van der Waals surface area contributed by atoms with Gasteiger partial charge in [0, 0.05) is 5.88 Å². The summed E-state index contributed by atoms with van der Waals surface area (Å²) in [7, 11) is 1.38. The summed E-state index contributed by atoms with van der Waals surface area (Å²) in [6.45, 7) is 2.51. The topological polar surface area (TPSA) is 38.3 Å². The molecule has 0 aliphatic heterocycles. The van der Waals surface area contributed by atoms with Gasteiger partial charge >= 0.3 is 5.97 Å². The lowest BCUT2D eigenvalue weighted by Crippen LogP contribution is -2.35. The van der Waals surface area contributed by atoms with Gasteiger partial charge in [-0.2, -0.15) is 0 Å². The van der Waals surface area contributed by atoms with Gasteiger partial charge in [-0.1, -0.05) is 0 Å². The van der Waals surface area contributed by atoms with E-state index in [2.05, 4.69) is 10.1 Å². The first-order valence-corrected chi connectivity index (χ1v) is 4.13. The summed E-state index contributed by atoms with van der Waals surface area (Å²) in [5, 5.41) is 2.98. The van der Waals surface area contributed by atoms with Crippen molar-refractivity contribution in [1.82, 2.24) is 5.32 Å². The van der Waals surface area contributed by atoms with Gasteiger partial charge in [0.1, 0.15) is 6.04 Å². The number of carbonyl (C=O) groups is 1. The summed E-state index contributed by atoms with van der Waals surface area (Å²) < 4.78 is 4.51. The number of rotatable bonds is 5. The number of esters is 1. The van der Waals surface area contributed by atoms with E-state index >= 15 is 0 Å². The molecule has 4 heteroatoms. The molecule has 0 fully saturated rings. The molecule has 11 heavy (non-hydrogen) atoms. The number of alkyl halides is 1. The second-order valence-corrected chi connectivity index (χ2v) is 2.62. The van der Waals surface area contributed by atoms with Crippen LogP contribution in [0.1, 0.15) is 13.3 Å². The van der Waals surface area contributed by atoms with E-state index in [1.807, 2.05) is 0 Å². The quantitative estimate of drug-likeness (QED) is 0.385. The number of hydrogen-bond donors (Lipinski definition) is 1. The highest BCUT2D eigenvalue weighted by Crippen LogP contribution is 1.87. The molecule has 0 saturated heterocycles. The summed E-state index contributed by atoms with van der Waals surface area (Å²) in [6.07, 6.45) is 0.864. The summed E-state index contributed by atoms with van der Waals surface area (Å²) in [5.74, 6) is 0.375. The Morgan fingerprint density at radius 1 is 1.73 bits per heavy atom. The Kier molecular flexibility index (Phi) is 6.27. The fraction of sp³-hybridized carbons (Fsp3) is 0.857. The smallest absolute Gasteiger partial charge is 0.322 e. The second kappa shape index (κ2) is 6.43. The van der Waals surface area contributed by atoms with Crippen molar-refractivity contribution in [3.63, 3.8) is 0 Å². The van der Waals surface area contributed by atoms with Crippen molar-refractivity contribution < 1.29 is 9.53 Å². The highest BCUT2D eigenvalue weighted by molar-refractivity contribution is 6.17. The van der Waals surface area contributed by atoms with Gasteiger partial charge in [-0.15, -0.1) is 11.6 Å².